The molecule has 272 valence electrons. The first kappa shape index (κ1) is 36.2. The second-order valence-electron chi connectivity index (χ2n) is 14.0. The Morgan fingerprint density at radius 1 is 0.566 bits per heavy atom. The van der Waals surface area contributed by atoms with Crippen molar-refractivity contribution in [3.05, 3.63) is 111 Å². The van der Waals surface area contributed by atoms with E-state index in [1.807, 2.05) is 12.1 Å². The maximum atomic E-state index is 10.5. The second-order valence-corrected chi connectivity index (χ2v) is 14.0. The van der Waals surface area contributed by atoms with Crippen molar-refractivity contribution in [2.45, 2.75) is 107 Å². The zero-order chi connectivity index (χ0) is 37.4. The summed E-state index contributed by atoms with van der Waals surface area (Å²) in [4.78, 5) is 15.3. The Labute approximate surface area is 315 Å². The minimum atomic E-state index is 0.265. The van der Waals surface area contributed by atoms with Gasteiger partial charge in [0.05, 0.1) is 33.8 Å². The summed E-state index contributed by atoms with van der Waals surface area (Å²) < 4.78 is 2.51. The number of fused-ring (bicyclic) bond motifs is 8. The zero-order valence-corrected chi connectivity index (χ0v) is 32.9. The molecule has 2 N–H and O–H groups in total. The summed E-state index contributed by atoms with van der Waals surface area (Å²) in [6, 6.07) is 20.9. The number of benzene rings is 2. The van der Waals surface area contributed by atoms with Gasteiger partial charge in [-0.15, -0.1) is 0 Å². The van der Waals surface area contributed by atoms with Crippen LogP contribution in [0.4, 0.5) is 0 Å². The summed E-state index contributed by atoms with van der Waals surface area (Å²) in [7, 11) is 0. The molecule has 3 aromatic heterocycles. The maximum absolute atomic E-state index is 10.5. The molecule has 0 fully saturated rings. The first-order chi connectivity index (χ1) is 25.9. The highest BCUT2D eigenvalue weighted by Crippen LogP contribution is 2.45. The number of nitrogens with zero attached hydrogens (tertiary/aromatic N) is 3. The summed E-state index contributed by atoms with van der Waals surface area (Å²) >= 11 is 0. The highest BCUT2D eigenvalue weighted by molar-refractivity contribution is 6.03. The first-order valence-electron chi connectivity index (χ1n) is 20.0. The third-order valence-corrected chi connectivity index (χ3v) is 11.4. The maximum Gasteiger partial charge on any atom is 0.115 e. The molecule has 0 unspecified atom stereocenters. The topological polar surface area (TPSA) is 66.7 Å². The Kier molecular flexibility index (Phi) is 10.3. The molecule has 2 aliphatic rings. The van der Waals surface area contributed by atoms with Crippen molar-refractivity contribution in [1.82, 2.24) is 19.5 Å². The number of hydrogen-bond donors (Lipinski definition) is 2. The normalized spacial score (nSPS) is 12.7. The Hall–Kier alpha value is -5.16. The van der Waals surface area contributed by atoms with E-state index in [4.69, 9.17) is 9.97 Å². The van der Waals surface area contributed by atoms with Crippen molar-refractivity contribution in [1.29, 1.82) is 0 Å². The van der Waals surface area contributed by atoms with Crippen molar-refractivity contribution in [2.75, 3.05) is 0 Å². The number of allylic oxidation sites excluding steroid dienone is 2. The summed E-state index contributed by atoms with van der Waals surface area (Å²) in [6.45, 7) is 19.0. The van der Waals surface area contributed by atoms with Crippen molar-refractivity contribution in [3.63, 3.8) is 0 Å². The van der Waals surface area contributed by atoms with Crippen LogP contribution in [0, 0.1) is 0 Å². The van der Waals surface area contributed by atoms with Gasteiger partial charge in [-0.25, -0.2) is 9.97 Å². The van der Waals surface area contributed by atoms with Crippen LogP contribution in [-0.4, -0.2) is 24.6 Å². The van der Waals surface area contributed by atoms with E-state index in [1.54, 1.807) is 0 Å². The monoisotopic (exact) mass is 702 g/mol. The molecule has 8 bridgehead atoms. The summed E-state index contributed by atoms with van der Waals surface area (Å²) in [6.07, 6.45) is 10.6. The SMILES string of the molecule is CCC1=C(CC)c2nc1c(CC)c1[nH]c(c(CC)c1CC)c(-c1ccccc1)c1nc(cc3c(CC)c(CC)c(c2-c2ccc(O)cc2)n3CC)C=C1. The van der Waals surface area contributed by atoms with Gasteiger partial charge in [-0.1, -0.05) is 90.9 Å². The molecule has 0 saturated heterocycles. The van der Waals surface area contributed by atoms with Crippen LogP contribution in [-0.2, 0) is 38.6 Å². The fraction of sp³-hybridized carbons (Fsp3) is 0.333. The fourth-order valence-electron chi connectivity index (χ4n) is 9.12. The summed E-state index contributed by atoms with van der Waals surface area (Å²) in [5, 5.41) is 10.5. The van der Waals surface area contributed by atoms with Crippen molar-refractivity contribution < 1.29 is 5.11 Å². The van der Waals surface area contributed by atoms with Crippen LogP contribution < -0.4 is 0 Å². The van der Waals surface area contributed by atoms with Crippen molar-refractivity contribution in [2.24, 2.45) is 0 Å². The lowest BCUT2D eigenvalue weighted by molar-refractivity contribution is 0.475. The number of phenolic OH excluding ortho intramolecular Hbond substituents is 1. The second kappa shape index (κ2) is 15.1. The fourth-order valence-corrected chi connectivity index (χ4v) is 9.12. The molecule has 7 rings (SSSR count). The Morgan fingerprint density at radius 2 is 1.17 bits per heavy atom. The van der Waals surface area contributed by atoms with E-state index in [2.05, 4.69) is 126 Å². The van der Waals surface area contributed by atoms with Gasteiger partial charge in [0.15, 0.2) is 0 Å². The first-order valence-corrected chi connectivity index (χ1v) is 20.0. The average Bonchev–Trinajstić information content (AvgIpc) is 3.95. The minimum absolute atomic E-state index is 0.265. The number of aromatic amines is 1. The highest BCUT2D eigenvalue weighted by atomic mass is 16.3. The molecule has 0 radical (unpaired) electrons. The van der Waals surface area contributed by atoms with Gasteiger partial charge in [0, 0.05) is 34.3 Å². The third kappa shape index (κ3) is 5.95. The molecule has 53 heavy (non-hydrogen) atoms. The van der Waals surface area contributed by atoms with E-state index in [1.165, 1.54) is 55.5 Å². The zero-order valence-electron chi connectivity index (χ0n) is 32.9. The molecular formula is C48H54N4O. The highest BCUT2D eigenvalue weighted by Gasteiger charge is 2.28. The molecule has 0 saturated carbocycles. The van der Waals surface area contributed by atoms with Gasteiger partial charge in [-0.05, 0) is 127 Å². The molecule has 2 aliphatic heterocycles. The van der Waals surface area contributed by atoms with Gasteiger partial charge in [-0.2, -0.15) is 0 Å². The molecule has 0 amide bonds. The van der Waals surface area contributed by atoms with Gasteiger partial charge in [0.25, 0.3) is 0 Å². The number of rotatable bonds is 10. The summed E-state index contributed by atoms with van der Waals surface area (Å²) in [5.41, 5.74) is 22.8. The molecule has 5 aromatic rings. The van der Waals surface area contributed by atoms with E-state index in [0.29, 0.717) is 0 Å². The van der Waals surface area contributed by atoms with E-state index < -0.39 is 0 Å². The van der Waals surface area contributed by atoms with Crippen molar-refractivity contribution >= 4 is 45.4 Å². The van der Waals surface area contributed by atoms with Crippen LogP contribution in [0.3, 0.4) is 0 Å². The standard InChI is InChI=1S/C48H54N4O/c1-9-33-38(14-6)48-43(30-22-25-32(53)26-23-30)47-37(13-5)35(11-3)45(51-47)39(15-7)44-34(10-2)36(12-4)46(50-44)42(29-20-18-17-19-21-29)40-27-24-31(49-40)28-41(33)52(48)16-8/h17-28,50,53H,9-16H2,1-8H3. The molecular weight excluding hydrogens is 649 g/mol. The number of hydrogen-bond acceptors (Lipinski definition) is 3. The molecule has 0 aliphatic carbocycles. The number of aromatic hydroxyl groups is 1. The minimum Gasteiger partial charge on any atom is -0.508 e. The molecule has 2 aromatic carbocycles. The molecule has 5 heterocycles. The van der Waals surface area contributed by atoms with Crippen LogP contribution in [0.1, 0.15) is 119 Å². The Balaban J connectivity index is 1.85. The van der Waals surface area contributed by atoms with Crippen molar-refractivity contribution in [3.8, 4) is 28.0 Å². The Morgan fingerprint density at radius 3 is 1.77 bits per heavy atom. The van der Waals surface area contributed by atoms with Crippen LogP contribution in [0.25, 0.3) is 67.6 Å². The van der Waals surface area contributed by atoms with Gasteiger partial charge in [0.2, 0.25) is 0 Å². The quantitative estimate of drug-likeness (QED) is 0.149. The lowest BCUT2D eigenvalue weighted by atomic mass is 9.92. The van der Waals surface area contributed by atoms with Gasteiger partial charge < -0.3 is 14.7 Å². The van der Waals surface area contributed by atoms with Crippen LogP contribution >= 0.6 is 0 Å². The Bertz CT molecular complexity index is 2420. The predicted octanol–water partition coefficient (Wildman–Crippen LogP) is 12.6. The van der Waals surface area contributed by atoms with Crippen LogP contribution in [0.2, 0.25) is 0 Å². The van der Waals surface area contributed by atoms with Gasteiger partial charge in [0.1, 0.15) is 5.75 Å². The van der Waals surface area contributed by atoms with E-state index in [0.717, 1.165) is 102 Å². The van der Waals surface area contributed by atoms with E-state index in [-0.39, 0.29) is 5.75 Å². The lowest BCUT2D eigenvalue weighted by Crippen LogP contribution is -1.99. The number of H-pyrrole nitrogens is 1. The molecule has 0 atom stereocenters. The average molecular weight is 703 g/mol. The molecule has 0 spiro atoms. The lowest BCUT2D eigenvalue weighted by Gasteiger charge is -2.14. The van der Waals surface area contributed by atoms with Crippen LogP contribution in [0.5, 0.6) is 5.75 Å². The van der Waals surface area contributed by atoms with Crippen LogP contribution in [0.15, 0.2) is 60.7 Å². The van der Waals surface area contributed by atoms with Gasteiger partial charge in [-0.3, -0.25) is 0 Å². The number of aromatic nitrogens is 4. The number of nitrogens with one attached hydrogen (secondary N) is 1. The van der Waals surface area contributed by atoms with Gasteiger partial charge >= 0.3 is 0 Å². The number of aryl methyl sites for hydroxylation is 6. The smallest absolute Gasteiger partial charge is 0.115 e. The van der Waals surface area contributed by atoms with E-state index >= 15 is 0 Å². The predicted molar refractivity (Wildman–Crippen MR) is 226 cm³/mol. The summed E-state index contributed by atoms with van der Waals surface area (Å²) in [5.74, 6) is 0.265. The molecule has 5 heteroatoms. The van der Waals surface area contributed by atoms with E-state index in [9.17, 15) is 5.11 Å². The molecule has 5 nitrogen and oxygen atoms in total. The number of phenols is 1. The largest absolute Gasteiger partial charge is 0.508 e. The third-order valence-electron chi connectivity index (χ3n) is 11.4.